The number of phenolic OH excluding ortho intramolecular Hbond substituents is 1. The fourth-order valence-corrected chi connectivity index (χ4v) is 2.64. The first-order chi connectivity index (χ1) is 11.3. The van der Waals surface area contributed by atoms with E-state index in [2.05, 4.69) is 28.1 Å². The summed E-state index contributed by atoms with van der Waals surface area (Å²) in [6.45, 7) is 3.19. The van der Waals surface area contributed by atoms with Crippen LogP contribution in [0.4, 0.5) is 16.2 Å². The number of nitrogens with two attached hydrogens (primary N) is 1. The zero-order valence-electron chi connectivity index (χ0n) is 13.1. The van der Waals surface area contributed by atoms with Gasteiger partial charge in [0.2, 0.25) is 0 Å². The van der Waals surface area contributed by atoms with Crippen molar-refractivity contribution in [2.75, 3.05) is 19.4 Å². The summed E-state index contributed by atoms with van der Waals surface area (Å²) in [4.78, 5) is 14.2. The molecule has 6 N–H and O–H groups in total. The molecule has 0 aliphatic carbocycles. The third-order valence-corrected chi connectivity index (χ3v) is 3.84. The van der Waals surface area contributed by atoms with Gasteiger partial charge in [-0.25, -0.2) is 4.79 Å². The van der Waals surface area contributed by atoms with Crippen LogP contribution < -0.4 is 16.4 Å². The van der Waals surface area contributed by atoms with E-state index in [9.17, 15) is 22.9 Å². The fraction of sp³-hybridized carbons (Fsp3) is 0.143. The number of amides is 2. The molecule has 24 heavy (non-hydrogen) atoms. The third kappa shape index (κ3) is 3.98. The minimum Gasteiger partial charge on any atom is -0.505 e. The number of aromatic hydroxyl groups is 1. The molecule has 0 bridgehead atoms. The first-order valence-electron chi connectivity index (χ1n) is 6.58. The van der Waals surface area contributed by atoms with E-state index in [1.807, 2.05) is 0 Å². The minimum atomic E-state index is -4.57. The molecule has 2 aromatic rings. The van der Waals surface area contributed by atoms with Crippen molar-refractivity contribution in [1.82, 2.24) is 5.32 Å². The average Bonchev–Trinajstić information content (AvgIpc) is 2.56. The summed E-state index contributed by atoms with van der Waals surface area (Å²) in [5.41, 5.74) is 4.53. The van der Waals surface area contributed by atoms with Gasteiger partial charge in [-0.2, -0.15) is 8.42 Å². The van der Waals surface area contributed by atoms with E-state index in [0.717, 1.165) is 6.07 Å². The number of anilines is 1. The Morgan fingerprint density at radius 1 is 1.29 bits per heavy atom. The van der Waals surface area contributed by atoms with Crippen molar-refractivity contribution in [3.05, 3.63) is 24.3 Å². The summed E-state index contributed by atoms with van der Waals surface area (Å²) in [6.07, 6.45) is 0. The number of fused-ring (bicyclic) bond motifs is 1. The second-order valence-corrected chi connectivity index (χ2v) is 5.74. The average molecular weight is 354 g/mol. The van der Waals surface area contributed by atoms with Crippen LogP contribution in [0.25, 0.3) is 10.8 Å². The summed E-state index contributed by atoms with van der Waals surface area (Å²) in [5.74, 6) is -0.458. The van der Waals surface area contributed by atoms with Crippen LogP contribution in [0.5, 0.6) is 5.75 Å². The molecule has 10 heteroatoms. The maximum Gasteiger partial charge on any atom is 0.318 e. The number of phenols is 1. The first kappa shape index (κ1) is 19.4. The van der Waals surface area contributed by atoms with Gasteiger partial charge in [0.15, 0.2) is 0 Å². The number of carbonyl (C=O) groups excluding carboxylic acids is 1. The number of rotatable bonds is 3. The van der Waals surface area contributed by atoms with E-state index in [0.29, 0.717) is 11.1 Å². The molecule has 0 fully saturated rings. The van der Waals surface area contributed by atoms with Gasteiger partial charge in [0.25, 0.3) is 10.1 Å². The van der Waals surface area contributed by atoms with E-state index in [4.69, 9.17) is 0 Å². The molecule has 9 nitrogen and oxygen atoms in total. The normalized spacial score (nSPS) is 10.5. The molecule has 2 rings (SSSR count). The number of carbonyl (C=O) groups is 1. The highest BCUT2D eigenvalue weighted by Gasteiger charge is 2.21. The maximum absolute atomic E-state index is 11.4. The molecule has 2 amide bonds. The smallest absolute Gasteiger partial charge is 0.318 e. The fourth-order valence-electron chi connectivity index (χ4n) is 1.96. The lowest BCUT2D eigenvalue weighted by atomic mass is 10.1. The van der Waals surface area contributed by atoms with Gasteiger partial charge in [-0.1, -0.05) is 6.07 Å². The Labute approximate surface area is 138 Å². The maximum atomic E-state index is 11.4. The first-order valence-corrected chi connectivity index (χ1v) is 8.02. The van der Waals surface area contributed by atoms with Gasteiger partial charge in [0, 0.05) is 18.1 Å². The predicted molar refractivity (Wildman–Crippen MR) is 92.8 cm³/mol. The van der Waals surface area contributed by atoms with Crippen molar-refractivity contribution in [2.24, 2.45) is 10.7 Å². The summed E-state index contributed by atoms with van der Waals surface area (Å²) in [6, 6.07) is 5.17. The van der Waals surface area contributed by atoms with Crippen LogP contribution in [0.2, 0.25) is 0 Å². The van der Waals surface area contributed by atoms with Gasteiger partial charge in [-0.05, 0) is 37.4 Å². The van der Waals surface area contributed by atoms with Gasteiger partial charge in [-0.3, -0.25) is 9.55 Å². The SMILES string of the molecule is C=Nc1c(S(=O)(=O)O)cc2ccc(NC(=O)NC)cc2c1O.CN. The predicted octanol–water partition coefficient (Wildman–Crippen LogP) is 1.45. The van der Waals surface area contributed by atoms with Crippen LogP contribution in [0.3, 0.4) is 0 Å². The number of hydrogen-bond acceptors (Lipinski definition) is 6. The van der Waals surface area contributed by atoms with Crippen LogP contribution >= 0.6 is 0 Å². The van der Waals surface area contributed by atoms with Crippen molar-refractivity contribution in [3.8, 4) is 5.75 Å². The molecule has 130 valence electrons. The quantitative estimate of drug-likeness (QED) is 0.415. The molecule has 0 aliphatic rings. The van der Waals surface area contributed by atoms with Crippen molar-refractivity contribution >= 4 is 45.0 Å². The zero-order chi connectivity index (χ0) is 18.5. The van der Waals surface area contributed by atoms with Gasteiger partial charge >= 0.3 is 6.03 Å². The van der Waals surface area contributed by atoms with E-state index >= 15 is 0 Å². The van der Waals surface area contributed by atoms with Gasteiger partial charge in [0.05, 0.1) is 0 Å². The number of aliphatic imine (C=N–C) groups is 1. The van der Waals surface area contributed by atoms with Crippen LogP contribution in [0.1, 0.15) is 0 Å². The van der Waals surface area contributed by atoms with Crippen molar-refractivity contribution in [2.45, 2.75) is 4.90 Å². The van der Waals surface area contributed by atoms with Gasteiger partial charge < -0.3 is 21.5 Å². The summed E-state index contributed by atoms with van der Waals surface area (Å²) < 4.78 is 31.9. The molecule has 0 heterocycles. The van der Waals surface area contributed by atoms with Crippen molar-refractivity contribution < 1.29 is 22.9 Å². The highest BCUT2D eigenvalue weighted by atomic mass is 32.2. The standard InChI is InChI=1S/C13H13N3O5S.CH5N/c1-14-11-10(22(19,20)21)5-7-3-4-8(16-13(18)15-2)6-9(7)12(11)17;1-2/h3-6,17H,1H2,2H3,(H2,15,16,18)(H,19,20,21);2H2,1H3. The topological polar surface area (TPSA) is 154 Å². The van der Waals surface area contributed by atoms with E-state index < -0.39 is 26.8 Å². The molecule has 0 aromatic heterocycles. The lowest BCUT2D eigenvalue weighted by Gasteiger charge is -2.11. The van der Waals surface area contributed by atoms with Crippen molar-refractivity contribution in [1.29, 1.82) is 0 Å². The van der Waals surface area contributed by atoms with Crippen LogP contribution in [0, 0.1) is 0 Å². The molecular formula is C14H18N4O5S. The third-order valence-electron chi connectivity index (χ3n) is 2.97. The number of nitrogens with zero attached hydrogens (tertiary/aromatic N) is 1. The number of benzene rings is 2. The lowest BCUT2D eigenvalue weighted by molar-refractivity contribution is 0.254. The lowest BCUT2D eigenvalue weighted by Crippen LogP contribution is -2.24. The highest BCUT2D eigenvalue weighted by Crippen LogP contribution is 2.41. The number of hydrogen-bond donors (Lipinski definition) is 5. The van der Waals surface area contributed by atoms with Gasteiger partial charge in [-0.15, -0.1) is 0 Å². The van der Waals surface area contributed by atoms with E-state index in [-0.39, 0.29) is 11.1 Å². The monoisotopic (exact) mass is 354 g/mol. The molecule has 0 aliphatic heterocycles. The van der Waals surface area contributed by atoms with E-state index in [1.54, 1.807) is 0 Å². The molecular weight excluding hydrogens is 336 g/mol. The second kappa shape index (κ2) is 7.73. The Kier molecular flexibility index (Phi) is 6.23. The molecule has 0 spiro atoms. The summed E-state index contributed by atoms with van der Waals surface area (Å²) >= 11 is 0. The number of urea groups is 1. The molecule has 0 radical (unpaired) electrons. The molecule has 0 saturated carbocycles. The van der Waals surface area contributed by atoms with Crippen LogP contribution in [-0.2, 0) is 10.1 Å². The Morgan fingerprint density at radius 2 is 1.92 bits per heavy atom. The van der Waals surface area contributed by atoms with Crippen LogP contribution in [0.15, 0.2) is 34.2 Å². The van der Waals surface area contributed by atoms with Crippen LogP contribution in [-0.4, -0.2) is 44.9 Å². The Bertz CT molecular complexity index is 880. The zero-order valence-corrected chi connectivity index (χ0v) is 13.9. The Morgan fingerprint density at radius 3 is 2.42 bits per heavy atom. The molecule has 0 saturated heterocycles. The second-order valence-electron chi connectivity index (χ2n) is 4.35. The largest absolute Gasteiger partial charge is 0.505 e. The number of nitrogens with one attached hydrogen (secondary N) is 2. The van der Waals surface area contributed by atoms with E-state index in [1.165, 1.54) is 32.3 Å². The molecule has 0 unspecified atom stereocenters. The Hall–Kier alpha value is -2.69. The molecule has 0 atom stereocenters. The van der Waals surface area contributed by atoms with Crippen molar-refractivity contribution in [3.63, 3.8) is 0 Å². The molecule has 2 aromatic carbocycles. The Balaban J connectivity index is 0.00000139. The summed E-state index contributed by atoms with van der Waals surface area (Å²) in [7, 11) is -1.62. The highest BCUT2D eigenvalue weighted by molar-refractivity contribution is 7.86. The minimum absolute atomic E-state index is 0.253. The summed E-state index contributed by atoms with van der Waals surface area (Å²) in [5, 5.41) is 15.7. The van der Waals surface area contributed by atoms with Gasteiger partial charge in [0.1, 0.15) is 16.3 Å².